The van der Waals surface area contributed by atoms with Gasteiger partial charge in [0.05, 0.1) is 0 Å². The monoisotopic (exact) mass is 288 g/mol. The molecule has 3 heteroatoms. The van der Waals surface area contributed by atoms with Crippen molar-refractivity contribution in [1.29, 1.82) is 0 Å². The maximum atomic E-state index is 12.9. The van der Waals surface area contributed by atoms with E-state index in [1.54, 1.807) is 0 Å². The molecule has 1 aliphatic rings. The minimum atomic E-state index is 0.176. The van der Waals surface area contributed by atoms with Crippen molar-refractivity contribution < 1.29 is 4.79 Å². The summed E-state index contributed by atoms with van der Waals surface area (Å²) in [6.45, 7) is 11.2. The number of aryl methyl sites for hydroxylation is 2. The van der Waals surface area contributed by atoms with Gasteiger partial charge < -0.3 is 10.2 Å². The molecule has 1 fully saturated rings. The topological polar surface area (TPSA) is 32.3 Å². The summed E-state index contributed by atoms with van der Waals surface area (Å²) in [5.74, 6) is 0.663. The summed E-state index contributed by atoms with van der Waals surface area (Å²) in [5, 5.41) is 3.50. The predicted molar refractivity (Wildman–Crippen MR) is 87.7 cm³/mol. The molecule has 21 heavy (non-hydrogen) atoms. The van der Waals surface area contributed by atoms with Gasteiger partial charge in [0.15, 0.2) is 0 Å². The van der Waals surface area contributed by atoms with Gasteiger partial charge in [-0.1, -0.05) is 31.5 Å². The van der Waals surface area contributed by atoms with Gasteiger partial charge in [0.25, 0.3) is 5.91 Å². The molecule has 0 radical (unpaired) electrons. The molecule has 0 aromatic heterocycles. The summed E-state index contributed by atoms with van der Waals surface area (Å²) < 4.78 is 0. The van der Waals surface area contributed by atoms with Crippen LogP contribution in [0.3, 0.4) is 0 Å². The Morgan fingerprint density at radius 1 is 1.38 bits per heavy atom. The molecule has 1 aromatic carbocycles. The van der Waals surface area contributed by atoms with Gasteiger partial charge in [-0.05, 0) is 50.8 Å². The van der Waals surface area contributed by atoms with Gasteiger partial charge in [0.1, 0.15) is 0 Å². The second kappa shape index (κ2) is 7.08. The van der Waals surface area contributed by atoms with Crippen molar-refractivity contribution in [2.24, 2.45) is 5.92 Å². The normalized spacial score (nSPS) is 18.2. The van der Waals surface area contributed by atoms with Crippen LogP contribution in [0.2, 0.25) is 0 Å². The number of hydrogen-bond acceptors (Lipinski definition) is 2. The number of carbonyl (C=O) groups is 1. The Kier molecular flexibility index (Phi) is 5.40. The average Bonchev–Trinajstić information content (AvgIpc) is 2.89. The lowest BCUT2D eigenvalue weighted by molar-refractivity contribution is 0.0720. The van der Waals surface area contributed by atoms with Crippen molar-refractivity contribution in [3.05, 3.63) is 34.9 Å². The maximum absolute atomic E-state index is 12.9. The highest BCUT2D eigenvalue weighted by Gasteiger charge is 2.23. The Morgan fingerprint density at radius 3 is 2.71 bits per heavy atom. The molecule has 1 atom stereocenters. The standard InChI is InChI=1S/C18H28N2O/c1-13(2)11-20(12-16-6-5-9-19-16)18(21)17-8-7-14(3)10-15(17)4/h7-8,10,13,16,19H,5-6,9,11-12H2,1-4H3. The van der Waals surface area contributed by atoms with E-state index in [0.717, 1.165) is 30.8 Å². The largest absolute Gasteiger partial charge is 0.337 e. The van der Waals surface area contributed by atoms with Crippen LogP contribution in [0.5, 0.6) is 0 Å². The first-order valence-corrected chi connectivity index (χ1v) is 8.07. The molecular weight excluding hydrogens is 260 g/mol. The van der Waals surface area contributed by atoms with Crippen molar-refractivity contribution >= 4 is 5.91 Å². The number of carbonyl (C=O) groups excluding carboxylic acids is 1. The summed E-state index contributed by atoms with van der Waals surface area (Å²) in [5.41, 5.74) is 3.13. The van der Waals surface area contributed by atoms with Crippen LogP contribution in [0, 0.1) is 19.8 Å². The molecule has 1 heterocycles. The number of rotatable bonds is 5. The lowest BCUT2D eigenvalue weighted by Crippen LogP contribution is -2.43. The van der Waals surface area contributed by atoms with Crippen molar-refractivity contribution in [2.45, 2.75) is 46.6 Å². The van der Waals surface area contributed by atoms with E-state index in [1.165, 1.54) is 18.4 Å². The first-order valence-electron chi connectivity index (χ1n) is 8.07. The highest BCUT2D eigenvalue weighted by atomic mass is 16.2. The Bertz CT molecular complexity index is 490. The first-order chi connectivity index (χ1) is 9.97. The molecule has 0 saturated carbocycles. The molecule has 116 valence electrons. The molecule has 1 aromatic rings. The van der Waals surface area contributed by atoms with Crippen LogP contribution in [-0.2, 0) is 0 Å². The molecule has 3 nitrogen and oxygen atoms in total. The van der Waals surface area contributed by atoms with Crippen LogP contribution in [0.4, 0.5) is 0 Å². The third kappa shape index (κ3) is 4.31. The smallest absolute Gasteiger partial charge is 0.254 e. The lowest BCUT2D eigenvalue weighted by atomic mass is 10.0. The third-order valence-electron chi connectivity index (χ3n) is 4.09. The molecule has 2 rings (SSSR count). The zero-order chi connectivity index (χ0) is 15.4. The Labute approximate surface area is 128 Å². The van der Waals surface area contributed by atoms with Crippen LogP contribution in [-0.4, -0.2) is 36.5 Å². The summed E-state index contributed by atoms with van der Waals surface area (Å²) in [6.07, 6.45) is 2.40. The van der Waals surface area contributed by atoms with Crippen LogP contribution in [0.15, 0.2) is 18.2 Å². The molecule has 0 bridgehead atoms. The number of nitrogens with zero attached hydrogens (tertiary/aromatic N) is 1. The predicted octanol–water partition coefficient (Wildman–Crippen LogP) is 3.15. The summed E-state index contributed by atoms with van der Waals surface area (Å²) in [7, 11) is 0. The van der Waals surface area contributed by atoms with Crippen molar-refractivity contribution in [3.8, 4) is 0 Å². The van der Waals surface area contributed by atoms with Gasteiger partial charge in [0, 0.05) is 24.7 Å². The van der Waals surface area contributed by atoms with E-state index in [4.69, 9.17) is 0 Å². The lowest BCUT2D eigenvalue weighted by Gasteiger charge is -2.28. The molecule has 0 aliphatic carbocycles. The van der Waals surface area contributed by atoms with Gasteiger partial charge in [-0.15, -0.1) is 0 Å². The fraction of sp³-hybridized carbons (Fsp3) is 0.611. The highest BCUT2D eigenvalue weighted by Crippen LogP contribution is 2.16. The van der Waals surface area contributed by atoms with Gasteiger partial charge in [0.2, 0.25) is 0 Å². The summed E-state index contributed by atoms with van der Waals surface area (Å²) in [6, 6.07) is 6.55. The fourth-order valence-electron chi connectivity index (χ4n) is 3.08. The van der Waals surface area contributed by atoms with Crippen molar-refractivity contribution in [3.63, 3.8) is 0 Å². The SMILES string of the molecule is Cc1ccc(C(=O)N(CC(C)C)CC2CCCN2)c(C)c1. The first kappa shape index (κ1) is 16.0. The van der Waals surface area contributed by atoms with Crippen LogP contribution >= 0.6 is 0 Å². The minimum Gasteiger partial charge on any atom is -0.337 e. The van der Waals surface area contributed by atoms with Crippen LogP contribution < -0.4 is 5.32 Å². The summed E-state index contributed by atoms with van der Waals surface area (Å²) >= 11 is 0. The molecule has 1 saturated heterocycles. The van der Waals surface area contributed by atoms with E-state index in [0.29, 0.717) is 12.0 Å². The van der Waals surface area contributed by atoms with Gasteiger partial charge >= 0.3 is 0 Å². The molecule has 1 N–H and O–H groups in total. The van der Waals surface area contributed by atoms with E-state index in [-0.39, 0.29) is 5.91 Å². The zero-order valence-corrected chi connectivity index (χ0v) is 13.8. The molecule has 1 amide bonds. The Balaban J connectivity index is 2.15. The van der Waals surface area contributed by atoms with Gasteiger partial charge in [-0.2, -0.15) is 0 Å². The molecular formula is C18H28N2O. The second-order valence-electron chi connectivity index (χ2n) is 6.72. The second-order valence-corrected chi connectivity index (χ2v) is 6.72. The number of amides is 1. The summed E-state index contributed by atoms with van der Waals surface area (Å²) in [4.78, 5) is 14.9. The average molecular weight is 288 g/mol. The Hall–Kier alpha value is -1.35. The van der Waals surface area contributed by atoms with Crippen LogP contribution in [0.25, 0.3) is 0 Å². The van der Waals surface area contributed by atoms with E-state index in [2.05, 4.69) is 32.2 Å². The van der Waals surface area contributed by atoms with E-state index >= 15 is 0 Å². The van der Waals surface area contributed by atoms with Crippen molar-refractivity contribution in [2.75, 3.05) is 19.6 Å². The molecule has 0 spiro atoms. The quantitative estimate of drug-likeness (QED) is 0.902. The van der Waals surface area contributed by atoms with Crippen molar-refractivity contribution in [1.82, 2.24) is 10.2 Å². The maximum Gasteiger partial charge on any atom is 0.254 e. The van der Waals surface area contributed by atoms with E-state index < -0.39 is 0 Å². The highest BCUT2D eigenvalue weighted by molar-refractivity contribution is 5.95. The number of nitrogens with one attached hydrogen (secondary N) is 1. The molecule has 1 aliphatic heterocycles. The van der Waals surface area contributed by atoms with E-state index in [9.17, 15) is 4.79 Å². The van der Waals surface area contributed by atoms with Crippen LogP contribution in [0.1, 0.15) is 48.2 Å². The minimum absolute atomic E-state index is 0.176. The number of hydrogen-bond donors (Lipinski definition) is 1. The van der Waals surface area contributed by atoms with E-state index in [1.807, 2.05) is 24.0 Å². The van der Waals surface area contributed by atoms with Gasteiger partial charge in [-0.25, -0.2) is 0 Å². The zero-order valence-electron chi connectivity index (χ0n) is 13.8. The van der Waals surface area contributed by atoms with Gasteiger partial charge in [-0.3, -0.25) is 4.79 Å². The Morgan fingerprint density at radius 2 is 2.14 bits per heavy atom. The molecule has 1 unspecified atom stereocenters. The fourth-order valence-corrected chi connectivity index (χ4v) is 3.08. The number of benzene rings is 1. The third-order valence-corrected chi connectivity index (χ3v) is 4.09.